The summed E-state index contributed by atoms with van der Waals surface area (Å²) >= 11 is 0. The molecule has 6 atom stereocenters. The molecule has 14 nitrogen and oxygen atoms in total. The SMILES string of the molecule is CCC(CC)COC(=O)[C@H](C)NP(=O)(OC[C@H]1O[C@@](C#N)(c2ccc3c(N)ncnn23)C(O)C1O)Oc1ccccc1. The lowest BCUT2D eigenvalue weighted by Crippen LogP contribution is -2.41. The lowest BCUT2D eigenvalue weighted by atomic mass is 9.92. The molecular formula is C27H35N6O8P. The number of nitrogens with zero attached hydrogens (tertiary/aromatic N) is 4. The van der Waals surface area contributed by atoms with E-state index in [4.69, 9.17) is 24.3 Å². The fourth-order valence-electron chi connectivity index (χ4n) is 4.57. The molecule has 3 unspecified atom stereocenters. The fourth-order valence-corrected chi connectivity index (χ4v) is 6.07. The molecule has 4 rings (SSSR count). The second-order valence-corrected chi connectivity index (χ2v) is 11.7. The Kier molecular flexibility index (Phi) is 9.83. The minimum atomic E-state index is -4.32. The Morgan fingerprint density at radius 1 is 1.26 bits per heavy atom. The monoisotopic (exact) mass is 602 g/mol. The van der Waals surface area contributed by atoms with Crippen LogP contribution in [0.15, 0.2) is 48.8 Å². The molecule has 0 radical (unpaired) electrons. The van der Waals surface area contributed by atoms with Crippen molar-refractivity contribution in [1.29, 1.82) is 5.26 Å². The number of hydrogen-bond acceptors (Lipinski definition) is 12. The molecule has 0 bridgehead atoms. The molecule has 0 saturated carbocycles. The molecule has 1 saturated heterocycles. The predicted molar refractivity (Wildman–Crippen MR) is 150 cm³/mol. The van der Waals surface area contributed by atoms with Crippen LogP contribution in [-0.4, -0.2) is 68.3 Å². The average Bonchev–Trinajstić information content (AvgIpc) is 3.53. The largest absolute Gasteiger partial charge is 0.464 e. The zero-order valence-corrected chi connectivity index (χ0v) is 24.4. The minimum absolute atomic E-state index is 0.0961. The van der Waals surface area contributed by atoms with Crippen LogP contribution in [0.3, 0.4) is 0 Å². The molecule has 2 aromatic heterocycles. The number of benzene rings is 1. The van der Waals surface area contributed by atoms with E-state index in [9.17, 15) is 24.8 Å². The van der Waals surface area contributed by atoms with Gasteiger partial charge in [0.15, 0.2) is 5.82 Å². The van der Waals surface area contributed by atoms with Crippen molar-refractivity contribution in [1.82, 2.24) is 19.7 Å². The molecule has 42 heavy (non-hydrogen) atoms. The van der Waals surface area contributed by atoms with Crippen molar-refractivity contribution in [2.24, 2.45) is 5.92 Å². The summed E-state index contributed by atoms with van der Waals surface area (Å²) in [7, 11) is -4.32. The van der Waals surface area contributed by atoms with Crippen molar-refractivity contribution in [3.63, 3.8) is 0 Å². The summed E-state index contributed by atoms with van der Waals surface area (Å²) in [4.78, 5) is 16.6. The van der Waals surface area contributed by atoms with Gasteiger partial charge in [-0.2, -0.15) is 15.4 Å². The molecule has 0 spiro atoms. The van der Waals surface area contributed by atoms with E-state index in [2.05, 4.69) is 15.2 Å². The third kappa shape index (κ3) is 6.42. The highest BCUT2D eigenvalue weighted by molar-refractivity contribution is 7.52. The van der Waals surface area contributed by atoms with Crippen LogP contribution in [0.25, 0.3) is 5.52 Å². The maximum Gasteiger partial charge on any atom is 0.459 e. The molecule has 0 aliphatic carbocycles. The van der Waals surface area contributed by atoms with Gasteiger partial charge in [-0.05, 0) is 37.1 Å². The molecule has 5 N–H and O–H groups in total. The van der Waals surface area contributed by atoms with Gasteiger partial charge in [0, 0.05) is 0 Å². The highest BCUT2D eigenvalue weighted by Gasteiger charge is 2.58. The van der Waals surface area contributed by atoms with Crippen molar-refractivity contribution < 1.29 is 38.1 Å². The number of carbonyl (C=O) groups excluding carboxylic acids is 1. The first-order valence-electron chi connectivity index (χ1n) is 13.5. The molecule has 226 valence electrons. The molecule has 15 heteroatoms. The second-order valence-electron chi connectivity index (χ2n) is 9.96. The molecule has 3 heterocycles. The minimum Gasteiger partial charge on any atom is -0.464 e. The number of aromatic nitrogens is 3. The number of hydrogen-bond donors (Lipinski definition) is 4. The zero-order valence-electron chi connectivity index (χ0n) is 23.5. The molecule has 1 fully saturated rings. The lowest BCUT2D eigenvalue weighted by Gasteiger charge is -2.25. The summed E-state index contributed by atoms with van der Waals surface area (Å²) < 4.78 is 37.8. The van der Waals surface area contributed by atoms with Gasteiger partial charge in [0.25, 0.3) is 0 Å². The Morgan fingerprint density at radius 3 is 2.64 bits per heavy atom. The topological polar surface area (TPSA) is 204 Å². The average molecular weight is 603 g/mol. The number of nitrogen functional groups attached to an aromatic ring is 1. The number of aliphatic hydroxyl groups excluding tert-OH is 2. The van der Waals surface area contributed by atoms with Crippen LogP contribution in [0, 0.1) is 17.2 Å². The number of rotatable bonds is 13. The molecule has 1 aromatic carbocycles. The second kappa shape index (κ2) is 13.2. The third-order valence-electron chi connectivity index (χ3n) is 7.19. The Bertz CT molecular complexity index is 1460. The molecular weight excluding hydrogens is 567 g/mol. The van der Waals surface area contributed by atoms with Crippen LogP contribution in [0.4, 0.5) is 5.82 Å². The quantitative estimate of drug-likeness (QED) is 0.164. The molecule has 1 aliphatic rings. The number of para-hydroxylation sites is 1. The van der Waals surface area contributed by atoms with Crippen molar-refractivity contribution in [2.45, 2.75) is 63.6 Å². The van der Waals surface area contributed by atoms with E-state index in [1.165, 1.54) is 23.8 Å². The van der Waals surface area contributed by atoms with E-state index in [1.807, 2.05) is 19.9 Å². The first kappa shape index (κ1) is 31.4. The Labute approximate surface area is 242 Å². The van der Waals surface area contributed by atoms with E-state index in [1.54, 1.807) is 36.4 Å². The molecule has 1 aliphatic heterocycles. The number of fused-ring (bicyclic) bond motifs is 1. The summed E-state index contributed by atoms with van der Waals surface area (Å²) in [5.74, 6) is -0.143. The highest BCUT2D eigenvalue weighted by atomic mass is 31.2. The summed E-state index contributed by atoms with van der Waals surface area (Å²) in [6.07, 6.45) is -1.87. The number of nitrogens with one attached hydrogen (secondary N) is 1. The third-order valence-corrected chi connectivity index (χ3v) is 8.83. The van der Waals surface area contributed by atoms with Gasteiger partial charge < -0.3 is 29.9 Å². The van der Waals surface area contributed by atoms with E-state index in [0.717, 1.165) is 12.8 Å². The maximum atomic E-state index is 13.9. The molecule has 3 aromatic rings. The maximum absolute atomic E-state index is 13.9. The number of carbonyl (C=O) groups is 1. The number of ether oxygens (including phenoxy) is 2. The van der Waals surface area contributed by atoms with Gasteiger partial charge in [0.1, 0.15) is 48.0 Å². The van der Waals surface area contributed by atoms with Gasteiger partial charge in [-0.15, -0.1) is 0 Å². The van der Waals surface area contributed by atoms with Crippen molar-refractivity contribution in [3.05, 3.63) is 54.5 Å². The smallest absolute Gasteiger partial charge is 0.459 e. The van der Waals surface area contributed by atoms with E-state index in [0.29, 0.717) is 5.52 Å². The fraction of sp³-hybridized carbons (Fsp3) is 0.481. The van der Waals surface area contributed by atoms with Crippen molar-refractivity contribution >= 4 is 25.1 Å². The normalized spacial score (nSPS) is 24.3. The van der Waals surface area contributed by atoms with Gasteiger partial charge in [-0.1, -0.05) is 44.9 Å². The van der Waals surface area contributed by atoms with E-state index >= 15 is 0 Å². The van der Waals surface area contributed by atoms with Gasteiger partial charge in [0.2, 0.25) is 5.60 Å². The number of anilines is 1. The summed E-state index contributed by atoms with van der Waals surface area (Å²) in [5.41, 5.74) is 4.28. The van der Waals surface area contributed by atoms with Crippen LogP contribution < -0.4 is 15.3 Å². The van der Waals surface area contributed by atoms with Crippen LogP contribution in [-0.2, 0) is 29.0 Å². The van der Waals surface area contributed by atoms with Crippen LogP contribution >= 0.6 is 7.75 Å². The first-order chi connectivity index (χ1) is 20.1. The standard InChI is InChI=1S/C27H35N6O8P/c1-4-18(5-2)13-38-26(36)17(3)32-42(37,41-19-9-7-6-8-10-19)39-14-21-23(34)24(35)27(15-28,40-21)22-12-11-20-25(29)30-16-31-33(20)22/h6-12,16-18,21,23-24,34-35H,4-5,13-14H2,1-3H3,(H,32,37)(H2,29,30,31)/t17-,21+,23?,24?,27-,42?/m0/s1. The van der Waals surface area contributed by atoms with Crippen LogP contribution in [0.1, 0.15) is 39.3 Å². The number of nitriles is 1. The summed E-state index contributed by atoms with van der Waals surface area (Å²) in [6, 6.07) is 12.0. The summed E-state index contributed by atoms with van der Waals surface area (Å²) in [5, 5.41) is 38.7. The van der Waals surface area contributed by atoms with Gasteiger partial charge in [0.05, 0.1) is 18.9 Å². The summed E-state index contributed by atoms with van der Waals surface area (Å²) in [6.45, 7) is 5.08. The van der Waals surface area contributed by atoms with Gasteiger partial charge in [-0.3, -0.25) is 9.32 Å². The van der Waals surface area contributed by atoms with Crippen LogP contribution in [0.5, 0.6) is 5.75 Å². The van der Waals surface area contributed by atoms with Gasteiger partial charge >= 0.3 is 13.7 Å². The predicted octanol–water partition coefficient (Wildman–Crippen LogP) is 2.31. The Morgan fingerprint density at radius 2 is 1.98 bits per heavy atom. The number of esters is 1. The highest BCUT2D eigenvalue weighted by Crippen LogP contribution is 2.47. The molecule has 0 amide bonds. The lowest BCUT2D eigenvalue weighted by molar-refractivity contribution is -0.146. The number of nitrogens with two attached hydrogens (primary N) is 1. The van der Waals surface area contributed by atoms with Crippen molar-refractivity contribution in [3.8, 4) is 11.8 Å². The van der Waals surface area contributed by atoms with Crippen LogP contribution in [0.2, 0.25) is 0 Å². The first-order valence-corrected chi connectivity index (χ1v) is 15.1. The van der Waals surface area contributed by atoms with E-state index in [-0.39, 0.29) is 29.8 Å². The van der Waals surface area contributed by atoms with E-state index < -0.39 is 50.3 Å². The Hall–Kier alpha value is -3.57. The Balaban J connectivity index is 1.53. The zero-order chi connectivity index (χ0) is 30.5. The van der Waals surface area contributed by atoms with Gasteiger partial charge in [-0.25, -0.2) is 14.1 Å². The van der Waals surface area contributed by atoms with Crippen molar-refractivity contribution in [2.75, 3.05) is 18.9 Å². The number of aliphatic hydroxyl groups is 2.